The molecule has 0 saturated heterocycles. The zero-order valence-electron chi connectivity index (χ0n) is 15.4. The molecule has 0 aliphatic rings. The van der Waals surface area contributed by atoms with Gasteiger partial charge in [0.05, 0.1) is 23.2 Å². The molecule has 3 aromatic heterocycles. The van der Waals surface area contributed by atoms with E-state index in [-0.39, 0.29) is 12.5 Å². The predicted molar refractivity (Wildman–Crippen MR) is 109 cm³/mol. The maximum atomic E-state index is 11.0. The fraction of sp³-hybridized carbons (Fsp3) is 0.150. The first-order chi connectivity index (χ1) is 14.1. The van der Waals surface area contributed by atoms with Gasteiger partial charge in [-0.15, -0.1) is 0 Å². The summed E-state index contributed by atoms with van der Waals surface area (Å²) in [5.74, 6) is -0.169. The summed E-state index contributed by atoms with van der Waals surface area (Å²) in [7, 11) is 0. The molecule has 4 aromatic rings. The van der Waals surface area contributed by atoms with Gasteiger partial charge < -0.3 is 14.8 Å². The number of carboxylic acids is 1. The van der Waals surface area contributed by atoms with Crippen LogP contribution in [0, 0.1) is 0 Å². The molecule has 4 rings (SSSR count). The van der Waals surface area contributed by atoms with Crippen LogP contribution < -0.4 is 5.32 Å². The Kier molecular flexibility index (Phi) is 5.30. The molecule has 0 spiro atoms. The van der Waals surface area contributed by atoms with Gasteiger partial charge in [-0.3, -0.25) is 4.79 Å². The van der Waals surface area contributed by atoms with Crippen LogP contribution in [-0.2, 0) is 4.79 Å². The van der Waals surface area contributed by atoms with Crippen molar-refractivity contribution in [2.24, 2.45) is 0 Å². The first-order valence-corrected chi connectivity index (χ1v) is 9.65. The Morgan fingerprint density at radius 2 is 1.83 bits per heavy atom. The Hall–Kier alpha value is -3.59. The fourth-order valence-electron chi connectivity index (χ4n) is 2.86. The van der Waals surface area contributed by atoms with E-state index in [4.69, 9.17) is 14.5 Å². The van der Waals surface area contributed by atoms with Crippen molar-refractivity contribution < 1.29 is 14.3 Å². The molecule has 146 valence electrons. The summed E-state index contributed by atoms with van der Waals surface area (Å²) in [5, 5.41) is 12.8. The minimum atomic E-state index is -0.860. The largest absolute Gasteiger partial charge is 0.481 e. The maximum absolute atomic E-state index is 11.0. The summed E-state index contributed by atoms with van der Waals surface area (Å²) in [5.41, 5.74) is 3.46. The molecule has 9 heteroatoms. The highest BCUT2D eigenvalue weighted by Crippen LogP contribution is 2.39. The van der Waals surface area contributed by atoms with E-state index < -0.39 is 5.97 Å². The van der Waals surface area contributed by atoms with E-state index in [1.165, 1.54) is 24.1 Å². The van der Waals surface area contributed by atoms with Gasteiger partial charge in [0, 0.05) is 35.1 Å². The van der Waals surface area contributed by atoms with Crippen molar-refractivity contribution >= 4 is 22.4 Å². The second-order valence-corrected chi connectivity index (χ2v) is 7.41. The Labute approximate surface area is 170 Å². The number of benzene rings is 1. The molecule has 1 unspecified atom stereocenters. The minimum Gasteiger partial charge on any atom is -0.481 e. The zero-order chi connectivity index (χ0) is 20.2. The summed E-state index contributed by atoms with van der Waals surface area (Å²) < 4.78 is 5.34. The molecule has 0 aliphatic heterocycles. The van der Waals surface area contributed by atoms with Crippen LogP contribution in [0.1, 0.15) is 13.3 Å². The normalized spacial score (nSPS) is 11.9. The van der Waals surface area contributed by atoms with Gasteiger partial charge in [0.1, 0.15) is 6.33 Å². The van der Waals surface area contributed by atoms with Crippen LogP contribution in [0.25, 0.3) is 33.0 Å². The molecule has 0 bridgehead atoms. The molecule has 8 nitrogen and oxygen atoms in total. The van der Waals surface area contributed by atoms with Gasteiger partial charge in [-0.1, -0.05) is 35.6 Å². The van der Waals surface area contributed by atoms with Gasteiger partial charge in [-0.05, 0) is 6.92 Å². The van der Waals surface area contributed by atoms with Crippen LogP contribution in [0.4, 0.5) is 5.13 Å². The lowest BCUT2D eigenvalue weighted by Crippen LogP contribution is -2.19. The van der Waals surface area contributed by atoms with E-state index in [9.17, 15) is 4.79 Å². The highest BCUT2D eigenvalue weighted by molar-refractivity contribution is 7.19. The molecule has 0 amide bonds. The fourth-order valence-corrected chi connectivity index (χ4v) is 3.94. The van der Waals surface area contributed by atoms with Crippen molar-refractivity contribution in [1.29, 1.82) is 0 Å². The summed E-state index contributed by atoms with van der Waals surface area (Å²) in [6.45, 7) is 1.81. The zero-order valence-corrected chi connectivity index (χ0v) is 16.3. The van der Waals surface area contributed by atoms with Crippen molar-refractivity contribution in [3.63, 3.8) is 0 Å². The molecular formula is C20H17N5O3S. The van der Waals surface area contributed by atoms with Crippen LogP contribution in [-0.4, -0.2) is 37.1 Å². The number of hydrogen-bond acceptors (Lipinski definition) is 8. The van der Waals surface area contributed by atoms with Crippen molar-refractivity contribution in [2.75, 3.05) is 5.32 Å². The summed E-state index contributed by atoms with van der Waals surface area (Å²) in [6.07, 6.45) is 8.01. The van der Waals surface area contributed by atoms with E-state index in [1.54, 1.807) is 18.6 Å². The molecule has 1 atom stereocenters. The van der Waals surface area contributed by atoms with E-state index >= 15 is 0 Å². The summed E-state index contributed by atoms with van der Waals surface area (Å²) in [6, 6.07) is 7.57. The number of rotatable bonds is 7. The van der Waals surface area contributed by atoms with E-state index in [2.05, 4.69) is 20.3 Å². The SMILES string of the molecule is CC(CC(=O)O)Nc1nc(-c2ccc(-c3cnco3)cc2)c(-c2cncnc2)s1. The Morgan fingerprint density at radius 3 is 2.48 bits per heavy atom. The van der Waals surface area contributed by atoms with Crippen molar-refractivity contribution in [3.05, 3.63) is 55.6 Å². The lowest BCUT2D eigenvalue weighted by Gasteiger charge is -2.09. The second kappa shape index (κ2) is 8.19. The Bertz CT molecular complexity index is 1100. The number of carbonyl (C=O) groups is 1. The number of anilines is 1. The van der Waals surface area contributed by atoms with Crippen LogP contribution in [0.5, 0.6) is 0 Å². The average Bonchev–Trinajstić information content (AvgIpc) is 3.38. The van der Waals surface area contributed by atoms with E-state index in [0.717, 1.165) is 27.3 Å². The van der Waals surface area contributed by atoms with Gasteiger partial charge >= 0.3 is 5.97 Å². The molecular weight excluding hydrogens is 390 g/mol. The Morgan fingerprint density at radius 1 is 1.10 bits per heavy atom. The topological polar surface area (TPSA) is 114 Å². The molecule has 0 aliphatic carbocycles. The first kappa shape index (κ1) is 18.8. The predicted octanol–water partition coefficient (Wildman–Crippen LogP) is 4.20. The number of carboxylic acid groups (broad SMARTS) is 1. The number of hydrogen-bond donors (Lipinski definition) is 2. The van der Waals surface area contributed by atoms with Gasteiger partial charge in [0.25, 0.3) is 0 Å². The third kappa shape index (κ3) is 4.30. The van der Waals surface area contributed by atoms with Crippen molar-refractivity contribution in [1.82, 2.24) is 19.9 Å². The Balaban J connectivity index is 1.70. The van der Waals surface area contributed by atoms with Gasteiger partial charge in [-0.2, -0.15) is 0 Å². The molecule has 2 N–H and O–H groups in total. The maximum Gasteiger partial charge on any atom is 0.305 e. The summed E-state index contributed by atoms with van der Waals surface area (Å²) >= 11 is 1.44. The minimum absolute atomic E-state index is 0.00454. The summed E-state index contributed by atoms with van der Waals surface area (Å²) in [4.78, 5) is 28.7. The standard InChI is InChI=1S/C20H17N5O3S/c1-12(6-17(26)27)24-20-25-18(19(29-20)15-7-21-10-22-8-15)14-4-2-13(3-5-14)16-9-23-11-28-16/h2-5,7-12H,6H2,1H3,(H,24,25)(H,26,27). The quantitative estimate of drug-likeness (QED) is 0.468. The molecule has 29 heavy (non-hydrogen) atoms. The number of aromatic nitrogens is 4. The molecule has 0 saturated carbocycles. The van der Waals surface area contributed by atoms with Crippen LogP contribution in [0.2, 0.25) is 0 Å². The van der Waals surface area contributed by atoms with E-state index in [1.807, 2.05) is 31.2 Å². The van der Waals surface area contributed by atoms with Crippen molar-refractivity contribution in [3.8, 4) is 33.0 Å². The third-order valence-corrected chi connectivity index (χ3v) is 5.21. The van der Waals surface area contributed by atoms with Gasteiger partial charge in [0.2, 0.25) is 0 Å². The lowest BCUT2D eigenvalue weighted by atomic mass is 10.1. The highest BCUT2D eigenvalue weighted by Gasteiger charge is 2.18. The molecule has 0 fully saturated rings. The van der Waals surface area contributed by atoms with Gasteiger partial charge in [0.15, 0.2) is 17.3 Å². The number of oxazole rings is 1. The number of nitrogens with one attached hydrogen (secondary N) is 1. The molecule has 0 radical (unpaired) electrons. The average molecular weight is 407 g/mol. The third-order valence-electron chi connectivity index (χ3n) is 4.18. The number of nitrogens with zero attached hydrogens (tertiary/aromatic N) is 4. The van der Waals surface area contributed by atoms with Crippen LogP contribution in [0.3, 0.4) is 0 Å². The van der Waals surface area contributed by atoms with Crippen LogP contribution >= 0.6 is 11.3 Å². The van der Waals surface area contributed by atoms with E-state index in [0.29, 0.717) is 10.9 Å². The number of aliphatic carboxylic acids is 1. The number of thiazole rings is 1. The van der Waals surface area contributed by atoms with Gasteiger partial charge in [-0.25, -0.2) is 19.9 Å². The van der Waals surface area contributed by atoms with Crippen LogP contribution in [0.15, 0.2) is 60.0 Å². The monoisotopic (exact) mass is 407 g/mol. The van der Waals surface area contributed by atoms with Crippen molar-refractivity contribution in [2.45, 2.75) is 19.4 Å². The molecule has 1 aromatic carbocycles. The molecule has 3 heterocycles. The second-order valence-electron chi connectivity index (χ2n) is 6.41. The lowest BCUT2D eigenvalue weighted by molar-refractivity contribution is -0.137. The first-order valence-electron chi connectivity index (χ1n) is 8.84. The smallest absolute Gasteiger partial charge is 0.305 e. The highest BCUT2D eigenvalue weighted by atomic mass is 32.1.